The van der Waals surface area contributed by atoms with E-state index < -0.39 is 17.1 Å². The maximum atomic E-state index is 12.7. The predicted molar refractivity (Wildman–Crippen MR) is 87.3 cm³/mol. The molecule has 1 saturated heterocycles. The van der Waals surface area contributed by atoms with Crippen molar-refractivity contribution >= 4 is 5.78 Å². The van der Waals surface area contributed by atoms with E-state index in [9.17, 15) is 15.0 Å². The van der Waals surface area contributed by atoms with E-state index in [-0.39, 0.29) is 17.6 Å². The molecular weight excluding hydrogens is 306 g/mol. The molecule has 4 atom stereocenters. The van der Waals surface area contributed by atoms with E-state index in [0.29, 0.717) is 31.1 Å². The van der Waals surface area contributed by atoms with Crippen LogP contribution in [0.3, 0.4) is 0 Å². The van der Waals surface area contributed by atoms with Crippen LogP contribution in [0, 0.1) is 0 Å². The zero-order chi connectivity index (χ0) is 16.9. The number of phenolic OH excluding ortho intramolecular Hbond substituents is 1. The maximum Gasteiger partial charge on any atom is 0.174 e. The molecule has 5 heteroatoms. The van der Waals surface area contributed by atoms with Gasteiger partial charge in [-0.2, -0.15) is 0 Å². The molecule has 1 unspecified atom stereocenters. The first-order valence-corrected chi connectivity index (χ1v) is 8.93. The Hall–Kier alpha value is -1.59. The van der Waals surface area contributed by atoms with Crippen LogP contribution < -0.4 is 4.74 Å². The highest BCUT2D eigenvalue weighted by Gasteiger charge is 2.73. The number of likely N-dealkylation sites (tertiary alicyclic amines) is 1. The Kier molecular flexibility index (Phi) is 2.65. The van der Waals surface area contributed by atoms with Crippen LogP contribution in [0.2, 0.25) is 0 Å². The number of piperidine rings is 1. The zero-order valence-electron chi connectivity index (χ0n) is 14.1. The van der Waals surface area contributed by atoms with Crippen molar-refractivity contribution in [2.45, 2.75) is 68.7 Å². The van der Waals surface area contributed by atoms with Crippen molar-refractivity contribution in [3.05, 3.63) is 23.3 Å². The standard InChI is InChI=1S/C19H23NO4/c1-10(2)20-8-7-18-15-11-3-4-12(21)16(15)24-17(18)13(22)5-6-19(18,23)14(20)9-11/h3-4,10,14,17,21,23H,5-9H2,1-2H3/t14-,17?,18+,19-/m1/s1. The zero-order valence-corrected chi connectivity index (χ0v) is 14.1. The largest absolute Gasteiger partial charge is 0.504 e. The average Bonchev–Trinajstić information content (AvgIpc) is 2.88. The number of carbonyl (C=O) groups is 1. The number of hydrogen-bond acceptors (Lipinski definition) is 5. The molecule has 128 valence electrons. The van der Waals surface area contributed by atoms with Crippen LogP contribution in [0.1, 0.15) is 44.2 Å². The summed E-state index contributed by atoms with van der Waals surface area (Å²) in [6, 6.07) is 3.94. The van der Waals surface area contributed by atoms with E-state index in [0.717, 1.165) is 24.1 Å². The summed E-state index contributed by atoms with van der Waals surface area (Å²) in [5.41, 5.74) is 0.350. The molecule has 2 aliphatic carbocycles. The van der Waals surface area contributed by atoms with Crippen molar-refractivity contribution in [2.75, 3.05) is 6.54 Å². The number of phenols is 1. The van der Waals surface area contributed by atoms with Gasteiger partial charge in [0.15, 0.2) is 23.4 Å². The lowest BCUT2D eigenvalue weighted by Crippen LogP contribution is -2.77. The van der Waals surface area contributed by atoms with Gasteiger partial charge in [0.05, 0.1) is 11.0 Å². The number of rotatable bonds is 1. The summed E-state index contributed by atoms with van der Waals surface area (Å²) in [7, 11) is 0. The molecular formula is C19H23NO4. The van der Waals surface area contributed by atoms with Crippen LogP contribution in [-0.2, 0) is 16.6 Å². The number of hydrogen-bond donors (Lipinski definition) is 2. The molecule has 2 fully saturated rings. The van der Waals surface area contributed by atoms with E-state index >= 15 is 0 Å². The first kappa shape index (κ1) is 14.7. The third-order valence-corrected chi connectivity index (χ3v) is 6.96. The Morgan fingerprint density at radius 3 is 2.88 bits per heavy atom. The van der Waals surface area contributed by atoms with E-state index in [1.54, 1.807) is 6.07 Å². The van der Waals surface area contributed by atoms with Gasteiger partial charge in [0.1, 0.15) is 0 Å². The van der Waals surface area contributed by atoms with Gasteiger partial charge in [0.2, 0.25) is 0 Å². The van der Waals surface area contributed by atoms with Crippen LogP contribution in [0.5, 0.6) is 11.5 Å². The Bertz CT molecular complexity index is 760. The molecule has 1 aromatic carbocycles. The predicted octanol–water partition coefficient (Wildman–Crippen LogP) is 1.52. The molecule has 0 radical (unpaired) electrons. The third kappa shape index (κ3) is 1.39. The molecule has 0 aromatic heterocycles. The molecule has 1 saturated carbocycles. The highest BCUT2D eigenvalue weighted by Crippen LogP contribution is 2.64. The van der Waals surface area contributed by atoms with Gasteiger partial charge in [0, 0.05) is 24.1 Å². The van der Waals surface area contributed by atoms with Gasteiger partial charge >= 0.3 is 0 Å². The van der Waals surface area contributed by atoms with Crippen molar-refractivity contribution in [1.82, 2.24) is 4.90 Å². The first-order valence-electron chi connectivity index (χ1n) is 8.93. The second-order valence-electron chi connectivity index (χ2n) is 8.11. The molecule has 2 heterocycles. The highest BCUT2D eigenvalue weighted by molar-refractivity contribution is 5.90. The van der Waals surface area contributed by atoms with Crippen LogP contribution >= 0.6 is 0 Å². The summed E-state index contributed by atoms with van der Waals surface area (Å²) in [4.78, 5) is 15.0. The third-order valence-electron chi connectivity index (χ3n) is 6.96. The summed E-state index contributed by atoms with van der Waals surface area (Å²) in [6.07, 6.45) is 1.60. The lowest BCUT2D eigenvalue weighted by Gasteiger charge is -2.63. The normalized spacial score (nSPS) is 39.8. The molecule has 2 aliphatic heterocycles. The monoisotopic (exact) mass is 329 g/mol. The van der Waals surface area contributed by atoms with Gasteiger partial charge in [-0.05, 0) is 51.3 Å². The Morgan fingerprint density at radius 1 is 1.33 bits per heavy atom. The summed E-state index contributed by atoms with van der Waals surface area (Å²) in [5, 5.41) is 22.2. The topological polar surface area (TPSA) is 70.0 Å². The van der Waals surface area contributed by atoms with Crippen molar-refractivity contribution in [3.8, 4) is 11.5 Å². The van der Waals surface area contributed by atoms with Crippen LogP contribution in [0.15, 0.2) is 12.1 Å². The minimum atomic E-state index is -0.972. The van der Waals surface area contributed by atoms with Crippen molar-refractivity contribution in [1.29, 1.82) is 0 Å². The summed E-state index contributed by atoms with van der Waals surface area (Å²) in [5.74, 6) is 0.569. The minimum Gasteiger partial charge on any atom is -0.504 e. The Morgan fingerprint density at radius 2 is 2.12 bits per heavy atom. The maximum absolute atomic E-state index is 12.7. The summed E-state index contributed by atoms with van der Waals surface area (Å²) >= 11 is 0. The number of benzene rings is 1. The number of ketones is 1. The summed E-state index contributed by atoms with van der Waals surface area (Å²) in [6.45, 7) is 5.16. The second-order valence-corrected chi connectivity index (χ2v) is 8.11. The van der Waals surface area contributed by atoms with E-state index in [1.165, 1.54) is 0 Å². The number of carbonyl (C=O) groups excluding carboxylic acids is 1. The van der Waals surface area contributed by atoms with Crippen LogP contribution in [-0.4, -0.2) is 51.2 Å². The van der Waals surface area contributed by atoms with Crippen molar-refractivity contribution < 1.29 is 19.7 Å². The average molecular weight is 329 g/mol. The molecule has 5 rings (SSSR count). The molecule has 2 N–H and O–H groups in total. The fourth-order valence-electron chi connectivity index (χ4n) is 5.98. The molecule has 24 heavy (non-hydrogen) atoms. The molecule has 1 aromatic rings. The minimum absolute atomic E-state index is 0.00607. The van der Waals surface area contributed by atoms with Crippen molar-refractivity contribution in [2.24, 2.45) is 0 Å². The van der Waals surface area contributed by atoms with Crippen LogP contribution in [0.4, 0.5) is 0 Å². The summed E-state index contributed by atoms with van der Waals surface area (Å²) < 4.78 is 6.00. The Balaban J connectivity index is 1.81. The highest BCUT2D eigenvalue weighted by atomic mass is 16.5. The lowest BCUT2D eigenvalue weighted by atomic mass is 9.49. The smallest absolute Gasteiger partial charge is 0.174 e. The molecule has 4 aliphatic rings. The second kappa shape index (κ2) is 4.33. The Labute approximate surface area is 141 Å². The quantitative estimate of drug-likeness (QED) is 0.818. The van der Waals surface area contributed by atoms with Gasteiger partial charge < -0.3 is 14.9 Å². The number of aromatic hydroxyl groups is 1. The van der Waals surface area contributed by atoms with Gasteiger partial charge in [-0.3, -0.25) is 9.69 Å². The molecule has 5 nitrogen and oxygen atoms in total. The SMILES string of the molecule is CC(C)N1CC[C@]23c4c5ccc(O)c4OC2C(=O)CC[C@@]3(O)[C@H]1C5. The lowest BCUT2D eigenvalue weighted by molar-refractivity contribution is -0.192. The number of Topliss-reactive ketones (excluding diaryl/α,β-unsaturated/α-hetero) is 1. The van der Waals surface area contributed by atoms with Gasteiger partial charge in [-0.15, -0.1) is 0 Å². The number of aliphatic hydroxyl groups is 1. The first-order chi connectivity index (χ1) is 11.4. The van der Waals surface area contributed by atoms with E-state index in [4.69, 9.17) is 4.74 Å². The van der Waals surface area contributed by atoms with Gasteiger partial charge in [-0.25, -0.2) is 0 Å². The van der Waals surface area contributed by atoms with Crippen molar-refractivity contribution in [3.63, 3.8) is 0 Å². The van der Waals surface area contributed by atoms with Gasteiger partial charge in [0.25, 0.3) is 0 Å². The van der Waals surface area contributed by atoms with Crippen LogP contribution in [0.25, 0.3) is 0 Å². The molecule has 1 spiro atoms. The van der Waals surface area contributed by atoms with Gasteiger partial charge in [-0.1, -0.05) is 6.07 Å². The fourth-order valence-corrected chi connectivity index (χ4v) is 5.98. The van der Waals surface area contributed by atoms with E-state index in [1.807, 2.05) is 6.07 Å². The molecule has 0 amide bonds. The fraction of sp³-hybridized carbons (Fsp3) is 0.632. The number of ether oxygens (including phenoxy) is 1. The molecule has 2 bridgehead atoms. The van der Waals surface area contributed by atoms with E-state index in [2.05, 4.69) is 18.7 Å². The number of nitrogens with zero attached hydrogens (tertiary/aromatic N) is 1.